The summed E-state index contributed by atoms with van der Waals surface area (Å²) in [5, 5.41) is 24.2. The molecule has 3 aliphatic rings. The number of H-pyrrole nitrogens is 1. The fourth-order valence-electron chi connectivity index (χ4n) is 7.88. The maximum Gasteiger partial charge on any atom is 0.264 e. The Kier molecular flexibility index (Phi) is 10.9. The van der Waals surface area contributed by atoms with Crippen molar-refractivity contribution in [2.45, 2.75) is 50.6 Å². The molecule has 1 unspecified atom stereocenters. The van der Waals surface area contributed by atoms with Crippen molar-refractivity contribution in [1.82, 2.24) is 44.2 Å². The molecular weight excluding hydrogens is 805 g/mol. The molecule has 0 bridgehead atoms. The van der Waals surface area contributed by atoms with Crippen molar-refractivity contribution < 1.29 is 32.4 Å². The highest BCUT2D eigenvalue weighted by Gasteiger charge is 2.50. The van der Waals surface area contributed by atoms with Crippen LogP contribution in [0.3, 0.4) is 0 Å². The highest BCUT2D eigenvalue weighted by molar-refractivity contribution is 7.89. The van der Waals surface area contributed by atoms with E-state index in [1.165, 1.54) is 11.4 Å². The van der Waals surface area contributed by atoms with Crippen LogP contribution in [0.1, 0.15) is 70.1 Å². The van der Waals surface area contributed by atoms with Crippen LogP contribution in [0.15, 0.2) is 67.1 Å². The summed E-state index contributed by atoms with van der Waals surface area (Å²) < 4.78 is 27.9. The molecule has 3 aromatic heterocycles. The minimum Gasteiger partial charge on any atom is -0.384 e. The van der Waals surface area contributed by atoms with Gasteiger partial charge in [0.2, 0.25) is 21.9 Å². The number of carbonyl (C=O) groups excluding carboxylic acids is 5. The number of nitrogens with zero attached hydrogens (tertiary/aromatic N) is 8. The number of rotatable bonds is 15. The maximum absolute atomic E-state index is 13.4. The predicted octanol–water partition coefficient (Wildman–Crippen LogP) is 3.20. The summed E-state index contributed by atoms with van der Waals surface area (Å²) in [5.41, 5.74) is 3.00. The molecule has 5 aromatic rings. The third-order valence-electron chi connectivity index (χ3n) is 11.4. The van der Waals surface area contributed by atoms with Crippen LogP contribution >= 0.6 is 0 Å². The molecule has 2 saturated heterocycles. The lowest BCUT2D eigenvalue weighted by Gasteiger charge is -2.47. The summed E-state index contributed by atoms with van der Waals surface area (Å²) >= 11 is 0. The lowest BCUT2D eigenvalue weighted by molar-refractivity contribution is -0.149. The van der Waals surface area contributed by atoms with Crippen molar-refractivity contribution in [3.05, 3.63) is 83.8 Å². The van der Waals surface area contributed by atoms with E-state index < -0.39 is 39.3 Å². The van der Waals surface area contributed by atoms with Gasteiger partial charge in [-0.15, -0.1) is 0 Å². The van der Waals surface area contributed by atoms with Crippen LogP contribution in [0.2, 0.25) is 0 Å². The van der Waals surface area contributed by atoms with Crippen molar-refractivity contribution in [2.24, 2.45) is 0 Å². The summed E-state index contributed by atoms with van der Waals surface area (Å²) in [7, 11) is -2.05. The van der Waals surface area contributed by atoms with Crippen LogP contribution in [-0.4, -0.2) is 122 Å². The summed E-state index contributed by atoms with van der Waals surface area (Å²) in [6.45, 7) is 2.75. The van der Waals surface area contributed by atoms with E-state index in [9.17, 15) is 37.7 Å². The highest BCUT2D eigenvalue weighted by atomic mass is 32.2. The second kappa shape index (κ2) is 16.2. The number of likely N-dealkylation sites (N-methyl/N-ethyl adjacent to an activating group) is 1. The fourth-order valence-corrected chi connectivity index (χ4v) is 9.12. The third kappa shape index (κ3) is 7.57. The van der Waals surface area contributed by atoms with Gasteiger partial charge >= 0.3 is 0 Å². The van der Waals surface area contributed by atoms with E-state index >= 15 is 0 Å². The van der Waals surface area contributed by atoms with Gasteiger partial charge in [0.1, 0.15) is 17.2 Å². The zero-order valence-corrected chi connectivity index (χ0v) is 34.2. The summed E-state index contributed by atoms with van der Waals surface area (Å²) in [6, 6.07) is 14.8. The second-order valence-electron chi connectivity index (χ2n) is 15.2. The molecule has 2 aromatic carbocycles. The Balaban J connectivity index is 0.842. The van der Waals surface area contributed by atoms with Gasteiger partial charge in [0, 0.05) is 79.9 Å². The predicted molar refractivity (Wildman–Crippen MR) is 222 cm³/mol. The van der Waals surface area contributed by atoms with Crippen molar-refractivity contribution in [3.8, 4) is 17.3 Å². The van der Waals surface area contributed by atoms with E-state index in [0.717, 1.165) is 15.2 Å². The second-order valence-corrected chi connectivity index (χ2v) is 17.4. The number of amides is 5. The van der Waals surface area contributed by atoms with Crippen LogP contribution in [0, 0.1) is 11.3 Å². The normalized spacial score (nSPS) is 17.6. The van der Waals surface area contributed by atoms with Gasteiger partial charge in [-0.2, -0.15) is 19.6 Å². The summed E-state index contributed by atoms with van der Waals surface area (Å²) in [5.74, 6) is -2.04. The van der Waals surface area contributed by atoms with Crippen LogP contribution in [0.5, 0.6) is 0 Å². The van der Waals surface area contributed by atoms with Crippen LogP contribution < -0.4 is 16.0 Å². The number of sulfonamides is 1. The number of imide groups is 2. The Morgan fingerprint density at radius 2 is 1.79 bits per heavy atom. The molecule has 61 heavy (non-hydrogen) atoms. The minimum atomic E-state index is -3.40. The van der Waals surface area contributed by atoms with Crippen LogP contribution in [0.25, 0.3) is 22.3 Å². The monoisotopic (exact) mass is 846 g/mol. The number of fused-ring (bicyclic) bond motifs is 2. The Labute approximate surface area is 350 Å². The number of aromatic nitrogens is 5. The lowest BCUT2D eigenvalue weighted by Crippen LogP contribution is -2.64. The van der Waals surface area contributed by atoms with E-state index in [1.54, 1.807) is 72.7 Å². The average Bonchev–Trinajstić information content (AvgIpc) is 3.99. The smallest absolute Gasteiger partial charge is 0.264 e. The van der Waals surface area contributed by atoms with Gasteiger partial charge in [0.05, 0.1) is 41.3 Å². The summed E-state index contributed by atoms with van der Waals surface area (Å²) in [6.07, 6.45) is 6.68. The number of unbranched alkanes of at least 4 members (excludes halogenated alkanes) is 1. The molecule has 20 heteroatoms. The Morgan fingerprint density at radius 3 is 2.54 bits per heavy atom. The van der Waals surface area contributed by atoms with E-state index in [-0.39, 0.29) is 67.0 Å². The molecule has 0 spiro atoms. The first-order chi connectivity index (χ1) is 29.3. The summed E-state index contributed by atoms with van der Waals surface area (Å²) in [4.78, 5) is 78.8. The number of aromatic amines is 1. The van der Waals surface area contributed by atoms with Crippen molar-refractivity contribution in [2.75, 3.05) is 49.6 Å². The fraction of sp³-hybridized carbons (Fsp3) is 0.341. The molecule has 3 aliphatic heterocycles. The van der Waals surface area contributed by atoms with E-state index in [2.05, 4.69) is 37.1 Å². The molecular formula is C41H42N12O7S. The molecule has 5 amide bonds. The molecule has 6 heterocycles. The van der Waals surface area contributed by atoms with E-state index in [1.807, 2.05) is 6.07 Å². The molecule has 314 valence electrons. The largest absolute Gasteiger partial charge is 0.384 e. The van der Waals surface area contributed by atoms with Crippen molar-refractivity contribution in [1.29, 1.82) is 5.26 Å². The molecule has 0 aliphatic carbocycles. The molecule has 4 N–H and O–H groups in total. The average molecular weight is 847 g/mol. The van der Waals surface area contributed by atoms with E-state index in [4.69, 9.17) is 4.98 Å². The Bertz CT molecular complexity index is 2730. The van der Waals surface area contributed by atoms with Gasteiger partial charge in [0.25, 0.3) is 23.6 Å². The number of likely N-dealkylation sites (tertiary alicyclic amines) is 1. The Hall–Kier alpha value is -6.98. The lowest BCUT2D eigenvalue weighted by atomic mass is 9.89. The maximum atomic E-state index is 13.4. The third-order valence-corrected chi connectivity index (χ3v) is 13.1. The standard InChI is InChI=1S/C41H42N12O7S/c1-3-61(59,60)51-23-41(24-51,16-17-42)52-22-26(21-46-52)34-29-15-20-44-35(29)49-40(48-34)47-27-11-9-25(10-12-27)36(55)45-19-5-4-18-43-30-8-6-7-28-33(30)39(58)53(37(28)56)31-13-14-32(54)50(2)38(31)57/h6-12,15,20-22,31,43H,3-5,13-14,16,18-19,23-24H2,1-2H3,(H,45,55)(H2,44,47,48,49). The molecule has 8 rings (SSSR count). The number of carbonyl (C=O) groups is 5. The van der Waals surface area contributed by atoms with Crippen molar-refractivity contribution in [3.63, 3.8) is 0 Å². The van der Waals surface area contributed by atoms with Crippen LogP contribution in [0.4, 0.5) is 17.3 Å². The Morgan fingerprint density at radius 1 is 1.02 bits per heavy atom. The molecule has 2 fully saturated rings. The minimum absolute atomic E-state index is 0.0214. The van der Waals surface area contributed by atoms with Gasteiger partial charge in [0.15, 0.2) is 0 Å². The molecule has 1 atom stereocenters. The number of hydrogen-bond acceptors (Lipinski definition) is 13. The molecule has 19 nitrogen and oxygen atoms in total. The molecule has 0 saturated carbocycles. The number of hydrogen-bond donors (Lipinski definition) is 4. The van der Waals surface area contributed by atoms with Crippen LogP contribution in [-0.2, 0) is 25.2 Å². The van der Waals surface area contributed by atoms with E-state index in [0.29, 0.717) is 59.8 Å². The first-order valence-electron chi connectivity index (χ1n) is 19.8. The van der Waals surface area contributed by atoms with Gasteiger partial charge in [-0.25, -0.2) is 13.4 Å². The van der Waals surface area contributed by atoms with Gasteiger partial charge in [-0.1, -0.05) is 6.07 Å². The zero-order valence-electron chi connectivity index (χ0n) is 33.3. The number of piperidine rings is 1. The van der Waals surface area contributed by atoms with Gasteiger partial charge < -0.3 is 20.9 Å². The highest BCUT2D eigenvalue weighted by Crippen LogP contribution is 2.37. The zero-order chi connectivity index (χ0) is 43.1. The SMILES string of the molecule is CCS(=O)(=O)N1CC(CC#N)(n2cc(-c3nc(Nc4ccc(C(=O)NCCCCNc5cccc6c5C(=O)N(C5CCC(=O)N(C)C5=O)C6=O)cc4)nc4[nH]ccc34)cn2)C1. The first-order valence-corrected chi connectivity index (χ1v) is 21.4. The number of benzene rings is 2. The number of nitriles is 1. The number of anilines is 3. The topological polar surface area (TPSA) is 248 Å². The van der Waals surface area contributed by atoms with Gasteiger partial charge in [-0.3, -0.25) is 38.5 Å². The molecule has 0 radical (unpaired) electrons. The first kappa shape index (κ1) is 40.8. The van der Waals surface area contributed by atoms with Gasteiger partial charge in [-0.05, 0) is 68.7 Å². The quantitative estimate of drug-likeness (QED) is 0.0874. The number of nitrogens with one attached hydrogen (secondary N) is 4. The van der Waals surface area contributed by atoms with Crippen molar-refractivity contribution >= 4 is 67.9 Å².